The van der Waals surface area contributed by atoms with E-state index in [9.17, 15) is 19.8 Å². The van der Waals surface area contributed by atoms with E-state index < -0.39 is 17.9 Å². The number of carbonyl (C=O) groups excluding carboxylic acids is 1. The maximum atomic E-state index is 13.1. The van der Waals surface area contributed by atoms with Gasteiger partial charge in [0.2, 0.25) is 0 Å². The van der Waals surface area contributed by atoms with Gasteiger partial charge in [0.25, 0.3) is 5.91 Å². The van der Waals surface area contributed by atoms with Gasteiger partial charge in [-0.05, 0) is 73.9 Å². The Morgan fingerprint density at radius 1 is 1.11 bits per heavy atom. The molecule has 0 radical (unpaired) electrons. The third-order valence-corrected chi connectivity index (χ3v) is 6.79. The molecule has 4 rings (SSSR count). The Morgan fingerprint density at radius 2 is 1.86 bits per heavy atom. The number of carboxylic acids is 1. The summed E-state index contributed by atoms with van der Waals surface area (Å²) in [6, 6.07) is 8.03. The number of carbonyl (C=O) groups is 2. The third-order valence-electron chi connectivity index (χ3n) is 6.35. The molecule has 2 heterocycles. The minimum absolute atomic E-state index is 0.188. The topological polar surface area (TPSA) is 117 Å². The predicted octanol–water partition coefficient (Wildman–Crippen LogP) is 4.53. The maximum Gasteiger partial charge on any atom is 0.305 e. The van der Waals surface area contributed by atoms with Gasteiger partial charge >= 0.3 is 5.97 Å². The molecule has 1 atom stereocenters. The van der Waals surface area contributed by atoms with E-state index in [1.807, 2.05) is 0 Å². The van der Waals surface area contributed by atoms with Crippen molar-refractivity contribution in [2.24, 2.45) is 0 Å². The smallest absolute Gasteiger partial charge is 0.305 e. The molecule has 2 aromatic heterocycles. The number of pyridine rings is 1. The Bertz CT molecular complexity index is 1240. The molecule has 36 heavy (non-hydrogen) atoms. The Kier molecular flexibility index (Phi) is 8.61. The first-order valence-electron chi connectivity index (χ1n) is 12.0. The van der Waals surface area contributed by atoms with Crippen molar-refractivity contribution in [3.05, 3.63) is 80.3 Å². The normalized spacial score (nSPS) is 13.8. The highest BCUT2D eigenvalue weighted by Crippen LogP contribution is 2.26. The van der Waals surface area contributed by atoms with Crippen LogP contribution in [0, 0.1) is 0 Å². The molecule has 1 aliphatic carbocycles. The Labute approximate surface area is 219 Å². The number of fused-ring (bicyclic) bond motifs is 1. The lowest BCUT2D eigenvalue weighted by atomic mass is 9.95. The number of halogens is 2. The molecule has 1 amide bonds. The molecule has 10 heteroatoms. The number of benzene rings is 1. The fourth-order valence-electron chi connectivity index (χ4n) is 4.58. The van der Waals surface area contributed by atoms with Crippen LogP contribution in [0.15, 0.2) is 36.5 Å². The molecule has 0 saturated heterocycles. The molecule has 0 aliphatic heterocycles. The molecular weight excluding hydrogens is 503 g/mol. The van der Waals surface area contributed by atoms with Gasteiger partial charge < -0.3 is 15.5 Å². The van der Waals surface area contributed by atoms with Crippen molar-refractivity contribution in [3.63, 3.8) is 0 Å². The van der Waals surface area contributed by atoms with E-state index in [4.69, 9.17) is 28.2 Å². The first-order chi connectivity index (χ1) is 17.3. The van der Waals surface area contributed by atoms with Crippen LogP contribution in [-0.4, -0.2) is 36.9 Å². The van der Waals surface area contributed by atoms with Crippen LogP contribution in [0.5, 0.6) is 0 Å². The van der Waals surface area contributed by atoms with E-state index in [1.165, 1.54) is 36.4 Å². The zero-order valence-corrected chi connectivity index (χ0v) is 21.2. The molecule has 0 bridgehead atoms. The van der Waals surface area contributed by atoms with Crippen molar-refractivity contribution in [2.45, 2.75) is 64.1 Å². The number of hydrogen-bond acceptors (Lipinski definition) is 5. The minimum Gasteiger partial charge on any atom is -0.481 e. The van der Waals surface area contributed by atoms with E-state index in [2.05, 4.69) is 22.5 Å². The zero-order valence-electron chi connectivity index (χ0n) is 19.7. The molecule has 3 N–H and O–H groups in total. The summed E-state index contributed by atoms with van der Waals surface area (Å²) in [6.07, 6.45) is 7.05. The molecular formula is C26H28Cl2N4O4. The van der Waals surface area contributed by atoms with Crippen molar-refractivity contribution < 1.29 is 19.8 Å². The van der Waals surface area contributed by atoms with E-state index in [1.54, 1.807) is 16.8 Å². The van der Waals surface area contributed by atoms with Gasteiger partial charge in [0, 0.05) is 28.0 Å². The van der Waals surface area contributed by atoms with Crippen molar-refractivity contribution in [1.82, 2.24) is 20.1 Å². The lowest BCUT2D eigenvalue weighted by Gasteiger charge is -2.18. The second kappa shape index (κ2) is 11.9. The SMILES string of the molecule is O=C(O)CC(NC(=O)c1cnn(CCCc2ccc3c(n2)CCCC3)c1CO)c1cc(Cl)cc(Cl)c1. The fraction of sp³-hybridized carbons (Fsp3) is 0.385. The van der Waals surface area contributed by atoms with Crippen molar-refractivity contribution in [3.8, 4) is 0 Å². The summed E-state index contributed by atoms with van der Waals surface area (Å²) >= 11 is 12.1. The molecule has 1 aliphatic rings. The van der Waals surface area contributed by atoms with Gasteiger partial charge in [0.05, 0.1) is 36.5 Å². The van der Waals surface area contributed by atoms with Gasteiger partial charge in [-0.25, -0.2) is 0 Å². The van der Waals surface area contributed by atoms with Crippen LogP contribution in [-0.2, 0) is 37.2 Å². The zero-order chi connectivity index (χ0) is 25.7. The quantitative estimate of drug-likeness (QED) is 0.354. The summed E-state index contributed by atoms with van der Waals surface area (Å²) < 4.78 is 1.61. The molecule has 3 aromatic rings. The lowest BCUT2D eigenvalue weighted by Crippen LogP contribution is -2.31. The first kappa shape index (κ1) is 26.1. The van der Waals surface area contributed by atoms with Crippen molar-refractivity contribution in [2.75, 3.05) is 0 Å². The van der Waals surface area contributed by atoms with Crippen LogP contribution in [0.1, 0.15) is 70.3 Å². The largest absolute Gasteiger partial charge is 0.481 e. The molecule has 0 fully saturated rings. The fourth-order valence-corrected chi connectivity index (χ4v) is 5.12. The summed E-state index contributed by atoms with van der Waals surface area (Å²) in [5.74, 6) is -1.63. The summed E-state index contributed by atoms with van der Waals surface area (Å²) in [7, 11) is 0. The number of nitrogens with one attached hydrogen (secondary N) is 1. The molecule has 190 valence electrons. The van der Waals surface area contributed by atoms with Crippen LogP contribution in [0.4, 0.5) is 0 Å². The second-order valence-corrected chi connectivity index (χ2v) is 9.80. The Hall–Kier alpha value is -2.94. The van der Waals surface area contributed by atoms with E-state index in [-0.39, 0.29) is 18.6 Å². The average molecular weight is 531 g/mol. The number of hydrogen-bond donors (Lipinski definition) is 3. The van der Waals surface area contributed by atoms with Crippen LogP contribution in [0.3, 0.4) is 0 Å². The van der Waals surface area contributed by atoms with Crippen LogP contribution < -0.4 is 5.32 Å². The molecule has 1 unspecified atom stereocenters. The summed E-state index contributed by atoms with van der Waals surface area (Å²) in [4.78, 5) is 29.3. The van der Waals surface area contributed by atoms with E-state index >= 15 is 0 Å². The monoisotopic (exact) mass is 530 g/mol. The summed E-state index contributed by atoms with van der Waals surface area (Å²) in [6.45, 7) is 0.122. The number of aromatic nitrogens is 3. The predicted molar refractivity (Wildman–Crippen MR) is 136 cm³/mol. The number of amides is 1. The number of carboxylic acid groups (broad SMARTS) is 1. The average Bonchev–Trinajstić information content (AvgIpc) is 3.25. The van der Waals surface area contributed by atoms with E-state index in [0.29, 0.717) is 27.8 Å². The number of aliphatic hydroxyl groups excluding tert-OH is 1. The summed E-state index contributed by atoms with van der Waals surface area (Å²) in [5, 5.41) is 27.0. The van der Waals surface area contributed by atoms with Gasteiger partial charge in [0.15, 0.2) is 0 Å². The minimum atomic E-state index is -1.09. The molecule has 0 spiro atoms. The number of rotatable bonds is 10. The Balaban J connectivity index is 1.44. The first-order valence-corrected chi connectivity index (χ1v) is 12.7. The van der Waals surface area contributed by atoms with Gasteiger partial charge in [-0.2, -0.15) is 5.10 Å². The second-order valence-electron chi connectivity index (χ2n) is 8.93. The summed E-state index contributed by atoms with van der Waals surface area (Å²) in [5.41, 5.74) is 4.60. The van der Waals surface area contributed by atoms with Crippen LogP contribution >= 0.6 is 23.2 Å². The lowest BCUT2D eigenvalue weighted by molar-refractivity contribution is -0.137. The molecule has 8 nitrogen and oxygen atoms in total. The van der Waals surface area contributed by atoms with Gasteiger partial charge in [0.1, 0.15) is 0 Å². The van der Waals surface area contributed by atoms with Gasteiger partial charge in [-0.1, -0.05) is 29.3 Å². The highest BCUT2D eigenvalue weighted by molar-refractivity contribution is 6.34. The number of aliphatic carboxylic acids is 1. The van der Waals surface area contributed by atoms with Crippen LogP contribution in [0.25, 0.3) is 0 Å². The van der Waals surface area contributed by atoms with Gasteiger partial charge in [-0.15, -0.1) is 0 Å². The maximum absolute atomic E-state index is 13.1. The Morgan fingerprint density at radius 3 is 2.58 bits per heavy atom. The van der Waals surface area contributed by atoms with Crippen LogP contribution in [0.2, 0.25) is 10.0 Å². The van der Waals surface area contributed by atoms with E-state index in [0.717, 1.165) is 31.4 Å². The van der Waals surface area contributed by atoms with Crippen molar-refractivity contribution >= 4 is 35.1 Å². The highest BCUT2D eigenvalue weighted by Gasteiger charge is 2.23. The number of aryl methyl sites for hydroxylation is 4. The highest BCUT2D eigenvalue weighted by atomic mass is 35.5. The number of aliphatic hydroxyl groups is 1. The molecule has 1 aromatic carbocycles. The van der Waals surface area contributed by atoms with Gasteiger partial charge in [-0.3, -0.25) is 19.3 Å². The number of nitrogens with zero attached hydrogens (tertiary/aromatic N) is 3. The standard InChI is InChI=1S/C26H28Cl2N4O4/c27-18-10-17(11-19(28)12-18)23(13-25(34)35)31-26(36)21-14-29-32(24(21)15-33)9-3-5-20-8-7-16-4-1-2-6-22(16)30-20/h7-8,10-12,14,23,33H,1-6,9,13,15H2,(H,31,36)(H,34,35). The van der Waals surface area contributed by atoms with Crippen molar-refractivity contribution in [1.29, 1.82) is 0 Å². The molecule has 0 saturated carbocycles. The third kappa shape index (κ3) is 6.43.